The lowest BCUT2D eigenvalue weighted by atomic mass is 10.0. The van der Waals surface area contributed by atoms with Gasteiger partial charge in [-0.1, -0.05) is 36.4 Å². The Bertz CT molecular complexity index is 1330. The van der Waals surface area contributed by atoms with Crippen LogP contribution < -0.4 is 0 Å². The molecule has 1 heterocycles. The maximum atomic E-state index is 13.2. The molecule has 0 saturated carbocycles. The number of para-hydroxylation sites is 1. The Balaban J connectivity index is 1.69. The maximum Gasteiger partial charge on any atom is 0.416 e. The van der Waals surface area contributed by atoms with Crippen LogP contribution in [-0.4, -0.2) is 9.91 Å². The fraction of sp³-hybridized carbons (Fsp3) is 0.0870. The Morgan fingerprint density at radius 2 is 1.32 bits per heavy atom. The van der Waals surface area contributed by atoms with Gasteiger partial charge in [-0.3, -0.25) is 10.1 Å². The average Bonchev–Trinajstić information content (AvgIpc) is 3.28. The molecule has 0 saturated heterocycles. The molecular weight excluding hydrogens is 482 g/mol. The second-order valence-electron chi connectivity index (χ2n) is 7.18. The van der Waals surface area contributed by atoms with Crippen LogP contribution in [-0.2, 0) is 12.4 Å². The van der Waals surface area contributed by atoms with E-state index < -0.39 is 28.4 Å². The highest BCUT2D eigenvalue weighted by Gasteiger charge is 2.37. The van der Waals surface area contributed by atoms with E-state index >= 15 is 0 Å². The molecule has 0 amide bonds. The lowest BCUT2D eigenvalue weighted by molar-refractivity contribution is -0.384. The van der Waals surface area contributed by atoms with Crippen LogP contribution >= 0.6 is 11.3 Å². The molecule has 0 unspecified atom stereocenters. The van der Waals surface area contributed by atoms with Crippen LogP contribution in [0.4, 0.5) is 32.0 Å². The van der Waals surface area contributed by atoms with E-state index in [1.807, 2.05) is 0 Å². The van der Waals surface area contributed by atoms with E-state index in [4.69, 9.17) is 0 Å². The summed E-state index contributed by atoms with van der Waals surface area (Å²) in [6, 6.07) is 14.0. The summed E-state index contributed by atoms with van der Waals surface area (Å²) in [5, 5.41) is 13.0. The van der Waals surface area contributed by atoms with Gasteiger partial charge in [-0.2, -0.15) is 26.3 Å². The number of hydrogen-bond acceptors (Lipinski definition) is 4. The van der Waals surface area contributed by atoms with Crippen molar-refractivity contribution in [3.63, 3.8) is 0 Å². The number of nitrogens with zero attached hydrogens (tertiary/aromatic N) is 2. The molecule has 0 radical (unpaired) electrons. The minimum atomic E-state index is -4.95. The van der Waals surface area contributed by atoms with Crippen LogP contribution in [0.2, 0.25) is 0 Å². The first-order valence-electron chi connectivity index (χ1n) is 9.53. The van der Waals surface area contributed by atoms with Gasteiger partial charge in [-0.05, 0) is 29.8 Å². The van der Waals surface area contributed by atoms with E-state index in [1.54, 1.807) is 42.5 Å². The Hall–Kier alpha value is -3.73. The van der Waals surface area contributed by atoms with Gasteiger partial charge in [0.2, 0.25) is 0 Å². The van der Waals surface area contributed by atoms with Crippen molar-refractivity contribution in [2.45, 2.75) is 12.4 Å². The Kier molecular flexibility index (Phi) is 5.90. The number of hydrogen-bond donors (Lipinski definition) is 0. The molecule has 3 aromatic carbocycles. The summed E-state index contributed by atoms with van der Waals surface area (Å²) < 4.78 is 78.9. The zero-order valence-electron chi connectivity index (χ0n) is 16.8. The number of nitro benzene ring substituents is 1. The van der Waals surface area contributed by atoms with Gasteiger partial charge in [0, 0.05) is 22.6 Å². The highest BCUT2D eigenvalue weighted by molar-refractivity contribution is 7.13. The molecular formula is C23H12F6N2O2S. The first kappa shape index (κ1) is 23.4. The van der Waals surface area contributed by atoms with E-state index in [2.05, 4.69) is 4.98 Å². The summed E-state index contributed by atoms with van der Waals surface area (Å²) in [5.41, 5.74) is -1.71. The highest BCUT2D eigenvalue weighted by atomic mass is 32.1. The number of nitro groups is 1. The quantitative estimate of drug-likeness (QED) is 0.164. The number of benzene rings is 3. The number of aromatic nitrogens is 1. The lowest BCUT2D eigenvalue weighted by Crippen LogP contribution is -2.11. The van der Waals surface area contributed by atoms with Crippen molar-refractivity contribution in [1.82, 2.24) is 4.98 Å². The second kappa shape index (κ2) is 8.56. The fourth-order valence-electron chi connectivity index (χ4n) is 3.31. The number of halogens is 6. The van der Waals surface area contributed by atoms with E-state index in [0.29, 0.717) is 33.8 Å². The molecule has 11 heteroatoms. The molecule has 0 fully saturated rings. The van der Waals surface area contributed by atoms with Gasteiger partial charge in [-0.25, -0.2) is 4.98 Å². The van der Waals surface area contributed by atoms with Crippen molar-refractivity contribution in [2.24, 2.45) is 0 Å². The van der Waals surface area contributed by atoms with Crippen LogP contribution in [0.3, 0.4) is 0 Å². The summed E-state index contributed by atoms with van der Waals surface area (Å²) in [5.74, 6) is 0. The third kappa shape index (κ3) is 4.79. The standard InChI is InChI=1S/C23H12F6N2O2S/c24-22(25,26)16-9-15(10-17(11-16)23(27,28)29)19-12-34-21(30-19)14-7-5-13(6-8-14)18-3-1-2-4-20(18)31(32)33/h1-12H. The van der Waals surface area contributed by atoms with E-state index in [9.17, 15) is 36.5 Å². The third-order valence-corrected chi connectivity index (χ3v) is 5.82. The minimum Gasteiger partial charge on any atom is -0.258 e. The predicted molar refractivity (Wildman–Crippen MR) is 115 cm³/mol. The van der Waals surface area contributed by atoms with E-state index in [0.717, 1.165) is 11.3 Å². The van der Waals surface area contributed by atoms with E-state index in [-0.39, 0.29) is 23.0 Å². The second-order valence-corrected chi connectivity index (χ2v) is 8.04. The molecule has 0 aliphatic rings. The zero-order valence-corrected chi connectivity index (χ0v) is 17.6. The smallest absolute Gasteiger partial charge is 0.258 e. The monoisotopic (exact) mass is 494 g/mol. The van der Waals surface area contributed by atoms with Crippen LogP contribution in [0.15, 0.2) is 72.1 Å². The topological polar surface area (TPSA) is 56.0 Å². The first-order valence-corrected chi connectivity index (χ1v) is 10.4. The Labute approximate surface area is 192 Å². The van der Waals surface area contributed by atoms with Gasteiger partial charge in [0.25, 0.3) is 5.69 Å². The summed E-state index contributed by atoms with van der Waals surface area (Å²) >= 11 is 1.05. The first-order chi connectivity index (χ1) is 15.9. The Morgan fingerprint density at radius 1 is 0.765 bits per heavy atom. The van der Waals surface area contributed by atoms with Crippen molar-refractivity contribution < 1.29 is 31.3 Å². The summed E-state index contributed by atoms with van der Waals surface area (Å²) in [6.07, 6.45) is -9.91. The third-order valence-electron chi connectivity index (χ3n) is 4.93. The predicted octanol–water partition coefficient (Wildman–Crippen LogP) is 8.09. The maximum absolute atomic E-state index is 13.2. The van der Waals surface area contributed by atoms with Crippen LogP contribution in [0, 0.1) is 10.1 Å². The molecule has 1 aromatic heterocycles. The molecule has 34 heavy (non-hydrogen) atoms. The number of rotatable bonds is 4. The molecule has 0 spiro atoms. The minimum absolute atomic E-state index is 0.0284. The lowest BCUT2D eigenvalue weighted by Gasteiger charge is -2.13. The number of alkyl halides is 6. The highest BCUT2D eigenvalue weighted by Crippen LogP contribution is 2.40. The van der Waals surface area contributed by atoms with Gasteiger partial charge in [0.05, 0.1) is 27.3 Å². The van der Waals surface area contributed by atoms with Gasteiger partial charge in [0.15, 0.2) is 0 Å². The zero-order chi connectivity index (χ0) is 24.7. The van der Waals surface area contributed by atoms with Crippen molar-refractivity contribution in [3.05, 3.63) is 93.4 Å². The molecule has 0 atom stereocenters. The summed E-state index contributed by atoms with van der Waals surface area (Å²) in [4.78, 5) is 15.0. The largest absolute Gasteiger partial charge is 0.416 e. The van der Waals surface area contributed by atoms with E-state index in [1.165, 1.54) is 11.4 Å². The molecule has 174 valence electrons. The molecule has 0 N–H and O–H groups in total. The van der Waals surface area contributed by atoms with Crippen LogP contribution in [0.25, 0.3) is 33.0 Å². The molecule has 4 aromatic rings. The van der Waals surface area contributed by atoms with Gasteiger partial charge in [0.1, 0.15) is 5.01 Å². The summed E-state index contributed by atoms with van der Waals surface area (Å²) in [6.45, 7) is 0. The van der Waals surface area contributed by atoms with Crippen LogP contribution in [0.5, 0.6) is 0 Å². The van der Waals surface area contributed by atoms with Crippen LogP contribution in [0.1, 0.15) is 11.1 Å². The Morgan fingerprint density at radius 3 is 1.88 bits per heavy atom. The molecule has 4 nitrogen and oxygen atoms in total. The SMILES string of the molecule is O=[N+]([O-])c1ccccc1-c1ccc(-c2nc(-c3cc(C(F)(F)F)cc(C(F)(F)F)c3)cs2)cc1. The normalized spacial score (nSPS) is 12.1. The van der Waals surface area contributed by atoms with Gasteiger partial charge >= 0.3 is 12.4 Å². The average molecular weight is 494 g/mol. The number of thiazole rings is 1. The van der Waals surface area contributed by atoms with Crippen molar-refractivity contribution >= 4 is 17.0 Å². The molecule has 0 aliphatic heterocycles. The molecule has 0 aliphatic carbocycles. The van der Waals surface area contributed by atoms with Gasteiger partial charge in [-0.15, -0.1) is 11.3 Å². The van der Waals surface area contributed by atoms with Crippen molar-refractivity contribution in [1.29, 1.82) is 0 Å². The van der Waals surface area contributed by atoms with Crippen molar-refractivity contribution in [3.8, 4) is 33.0 Å². The molecule has 4 rings (SSSR count). The molecule has 0 bridgehead atoms. The summed E-state index contributed by atoms with van der Waals surface area (Å²) in [7, 11) is 0. The van der Waals surface area contributed by atoms with Crippen molar-refractivity contribution in [2.75, 3.05) is 0 Å². The fourth-order valence-corrected chi connectivity index (χ4v) is 4.15. The van der Waals surface area contributed by atoms with Gasteiger partial charge < -0.3 is 0 Å².